The Bertz CT molecular complexity index is 91.1. The van der Waals surface area contributed by atoms with Gasteiger partial charge in [0.15, 0.2) is 0 Å². The minimum Gasteiger partial charge on any atom is -0.384 e. The minimum atomic E-state index is 0.475. The summed E-state index contributed by atoms with van der Waals surface area (Å²) in [5.74, 6) is 0.475. The van der Waals surface area contributed by atoms with Crippen molar-refractivity contribution in [2.45, 2.75) is 6.42 Å². The fourth-order valence-electron chi connectivity index (χ4n) is 0.385. The topological polar surface area (TPSA) is 9.23 Å². The summed E-state index contributed by atoms with van der Waals surface area (Å²) in [6.45, 7) is 0.659. The van der Waals surface area contributed by atoms with Crippen LogP contribution in [0.25, 0.3) is 0 Å². The lowest BCUT2D eigenvalue weighted by Gasteiger charge is -1.94. The molecule has 0 saturated carbocycles. The van der Waals surface area contributed by atoms with E-state index >= 15 is 0 Å². The second-order valence-corrected chi connectivity index (χ2v) is 2.34. The zero-order valence-corrected chi connectivity index (χ0v) is 6.87. The fraction of sp³-hybridized carbons (Fsp3) is 0.667. The highest BCUT2D eigenvalue weighted by molar-refractivity contribution is 6.30. The molecule has 0 aromatic rings. The number of methoxy groups -OCH3 is 1. The van der Waals surface area contributed by atoms with Gasteiger partial charge in [-0.2, -0.15) is 0 Å². The second-order valence-electron chi connectivity index (χ2n) is 1.55. The molecule has 0 aromatic heterocycles. The molecule has 0 saturated heterocycles. The van der Waals surface area contributed by atoms with Gasteiger partial charge in [0.05, 0.1) is 6.61 Å². The molecule has 0 rings (SSSR count). The maximum absolute atomic E-state index is 5.66. The van der Waals surface area contributed by atoms with Gasteiger partial charge in [-0.1, -0.05) is 17.7 Å². The van der Waals surface area contributed by atoms with Crippen molar-refractivity contribution in [3.05, 3.63) is 11.1 Å². The van der Waals surface area contributed by atoms with Crippen LogP contribution in [0, 0.1) is 0 Å². The van der Waals surface area contributed by atoms with Gasteiger partial charge in [0.25, 0.3) is 0 Å². The molecule has 0 spiro atoms. The van der Waals surface area contributed by atoms with Gasteiger partial charge in [0.1, 0.15) is 0 Å². The van der Waals surface area contributed by atoms with Gasteiger partial charge in [-0.3, -0.25) is 0 Å². The van der Waals surface area contributed by atoms with E-state index in [1.807, 2.05) is 0 Å². The first-order chi connectivity index (χ1) is 4.31. The van der Waals surface area contributed by atoms with Crippen LogP contribution in [0.1, 0.15) is 6.42 Å². The zero-order chi connectivity index (χ0) is 7.11. The third kappa shape index (κ3) is 6.16. The molecule has 0 aromatic carbocycles. The van der Waals surface area contributed by atoms with Crippen LogP contribution < -0.4 is 0 Å². The maximum Gasteiger partial charge on any atom is 0.0511 e. The van der Waals surface area contributed by atoms with E-state index in [9.17, 15) is 0 Å². The number of rotatable bonds is 4. The van der Waals surface area contributed by atoms with Crippen LogP contribution in [-0.2, 0) is 4.74 Å². The lowest BCUT2D eigenvalue weighted by Crippen LogP contribution is -1.87. The van der Waals surface area contributed by atoms with Crippen LogP contribution in [0.5, 0.6) is 0 Å². The maximum atomic E-state index is 5.66. The fourth-order valence-corrected chi connectivity index (χ4v) is 0.805. The van der Waals surface area contributed by atoms with E-state index in [0.717, 1.165) is 11.5 Å². The Labute approximate surface area is 65.6 Å². The predicted octanol–water partition coefficient (Wildman–Crippen LogP) is 2.38. The van der Waals surface area contributed by atoms with Crippen molar-refractivity contribution in [2.24, 2.45) is 0 Å². The zero-order valence-electron chi connectivity index (χ0n) is 5.36. The molecular formula is C6H10Cl2O. The summed E-state index contributed by atoms with van der Waals surface area (Å²) in [5, 5.41) is 0.770. The highest BCUT2D eigenvalue weighted by Gasteiger charge is 1.88. The standard InChI is InChI=1S/C6H10Cl2O/c1-9-5-3-6(8)2-4-7/h2H,3-5H2,1H3/b6-2-. The van der Waals surface area contributed by atoms with Crippen LogP contribution in [0.2, 0.25) is 0 Å². The SMILES string of the molecule is COCC/C(Cl)=C/CCl. The molecule has 0 bridgehead atoms. The molecule has 0 aliphatic carbocycles. The highest BCUT2D eigenvalue weighted by Crippen LogP contribution is 2.06. The summed E-state index contributed by atoms with van der Waals surface area (Å²) < 4.78 is 4.79. The number of halogens is 2. The first kappa shape index (κ1) is 9.28. The van der Waals surface area contributed by atoms with Gasteiger partial charge in [-0.25, -0.2) is 0 Å². The number of hydrogen-bond acceptors (Lipinski definition) is 1. The van der Waals surface area contributed by atoms with Crippen molar-refractivity contribution < 1.29 is 4.74 Å². The van der Waals surface area contributed by atoms with Crippen LogP contribution >= 0.6 is 23.2 Å². The van der Waals surface area contributed by atoms with Gasteiger partial charge in [0, 0.05) is 24.4 Å². The molecule has 0 amide bonds. The van der Waals surface area contributed by atoms with E-state index in [1.54, 1.807) is 13.2 Å². The molecule has 0 N–H and O–H groups in total. The first-order valence-electron chi connectivity index (χ1n) is 2.70. The summed E-state index contributed by atoms with van der Waals surface area (Å²) in [6, 6.07) is 0. The van der Waals surface area contributed by atoms with Gasteiger partial charge < -0.3 is 4.74 Å². The van der Waals surface area contributed by atoms with Crippen molar-refractivity contribution in [2.75, 3.05) is 19.6 Å². The van der Waals surface area contributed by atoms with Crippen molar-refractivity contribution in [3.63, 3.8) is 0 Å². The summed E-state index contributed by atoms with van der Waals surface area (Å²) in [6.07, 6.45) is 2.52. The van der Waals surface area contributed by atoms with Gasteiger partial charge in [0.2, 0.25) is 0 Å². The first-order valence-corrected chi connectivity index (χ1v) is 3.62. The minimum absolute atomic E-state index is 0.475. The molecule has 0 heterocycles. The normalized spacial score (nSPS) is 12.1. The van der Waals surface area contributed by atoms with Crippen molar-refractivity contribution in [1.82, 2.24) is 0 Å². The molecule has 0 fully saturated rings. The van der Waals surface area contributed by atoms with Gasteiger partial charge in [-0.15, -0.1) is 11.6 Å². The molecule has 0 atom stereocenters. The Hall–Kier alpha value is 0.280. The smallest absolute Gasteiger partial charge is 0.0511 e. The van der Waals surface area contributed by atoms with Crippen molar-refractivity contribution in [1.29, 1.82) is 0 Å². The van der Waals surface area contributed by atoms with E-state index < -0.39 is 0 Å². The monoisotopic (exact) mass is 168 g/mol. The highest BCUT2D eigenvalue weighted by atomic mass is 35.5. The molecule has 0 aliphatic heterocycles. The van der Waals surface area contributed by atoms with Crippen molar-refractivity contribution >= 4 is 23.2 Å². The Morgan fingerprint density at radius 3 is 2.78 bits per heavy atom. The average molecular weight is 169 g/mol. The van der Waals surface area contributed by atoms with Crippen LogP contribution in [0.15, 0.2) is 11.1 Å². The van der Waals surface area contributed by atoms with Gasteiger partial charge in [-0.05, 0) is 0 Å². The summed E-state index contributed by atoms with van der Waals surface area (Å²) in [7, 11) is 1.64. The van der Waals surface area contributed by atoms with E-state index in [2.05, 4.69) is 0 Å². The van der Waals surface area contributed by atoms with E-state index in [1.165, 1.54) is 0 Å². The second kappa shape index (κ2) is 6.40. The van der Waals surface area contributed by atoms with Gasteiger partial charge >= 0.3 is 0 Å². The third-order valence-electron chi connectivity index (χ3n) is 0.844. The van der Waals surface area contributed by atoms with Crippen molar-refractivity contribution in [3.8, 4) is 0 Å². The van der Waals surface area contributed by atoms with Crippen LogP contribution in [0.3, 0.4) is 0 Å². The number of alkyl halides is 1. The molecule has 3 heteroatoms. The number of ether oxygens (including phenoxy) is 1. The Balaban J connectivity index is 3.25. The van der Waals surface area contributed by atoms with E-state index in [0.29, 0.717) is 12.5 Å². The summed E-state index contributed by atoms with van der Waals surface area (Å²) in [4.78, 5) is 0. The number of allylic oxidation sites excluding steroid dienone is 1. The molecule has 9 heavy (non-hydrogen) atoms. The molecule has 1 nitrogen and oxygen atoms in total. The molecule has 0 aliphatic rings. The molecule has 0 radical (unpaired) electrons. The van der Waals surface area contributed by atoms with Crippen LogP contribution in [0.4, 0.5) is 0 Å². The quantitative estimate of drug-likeness (QED) is 0.587. The Morgan fingerprint density at radius 1 is 1.67 bits per heavy atom. The van der Waals surface area contributed by atoms with E-state index in [-0.39, 0.29) is 0 Å². The largest absolute Gasteiger partial charge is 0.384 e. The van der Waals surface area contributed by atoms with Crippen LogP contribution in [-0.4, -0.2) is 19.6 Å². The van der Waals surface area contributed by atoms with E-state index in [4.69, 9.17) is 27.9 Å². The Kier molecular flexibility index (Phi) is 6.60. The molecule has 0 unspecified atom stereocenters. The Morgan fingerprint density at radius 2 is 2.33 bits per heavy atom. The summed E-state index contributed by atoms with van der Waals surface area (Å²) >= 11 is 11.0. The predicted molar refractivity (Wildman–Crippen MR) is 41.1 cm³/mol. The molecular weight excluding hydrogens is 159 g/mol. The molecule has 54 valence electrons. The third-order valence-corrected chi connectivity index (χ3v) is 1.34. The lowest BCUT2D eigenvalue weighted by atomic mass is 10.4. The number of hydrogen-bond donors (Lipinski definition) is 0. The summed E-state index contributed by atoms with van der Waals surface area (Å²) in [5.41, 5.74) is 0. The lowest BCUT2D eigenvalue weighted by molar-refractivity contribution is 0.203. The average Bonchev–Trinajstić information content (AvgIpc) is 1.85.